The van der Waals surface area contributed by atoms with Crippen molar-refractivity contribution in [1.29, 1.82) is 0 Å². The van der Waals surface area contributed by atoms with Gasteiger partial charge in [-0.2, -0.15) is 0 Å². The molecule has 0 aliphatic carbocycles. The van der Waals surface area contributed by atoms with Crippen LogP contribution in [0.2, 0.25) is 5.02 Å². The Morgan fingerprint density at radius 3 is 2.52 bits per heavy atom. The topological polar surface area (TPSA) is 18.5 Å². The van der Waals surface area contributed by atoms with Crippen molar-refractivity contribution >= 4 is 46.4 Å². The van der Waals surface area contributed by atoms with E-state index in [0.29, 0.717) is 29.0 Å². The Labute approximate surface area is 145 Å². The van der Waals surface area contributed by atoms with Crippen LogP contribution in [0.1, 0.15) is 31.7 Å². The Balaban J connectivity index is 2.92. The predicted molar refractivity (Wildman–Crippen MR) is 91.7 cm³/mol. The minimum atomic E-state index is 0.172. The van der Waals surface area contributed by atoms with E-state index in [2.05, 4.69) is 13.8 Å². The van der Waals surface area contributed by atoms with Gasteiger partial charge in [0.25, 0.3) is 0 Å². The number of alkyl halides is 1. The van der Waals surface area contributed by atoms with Gasteiger partial charge in [0.1, 0.15) is 22.6 Å². The van der Waals surface area contributed by atoms with Gasteiger partial charge in [-0.25, -0.2) is 0 Å². The van der Waals surface area contributed by atoms with E-state index < -0.39 is 0 Å². The average molecular weight is 372 g/mol. The third-order valence-corrected chi connectivity index (χ3v) is 3.54. The second-order valence-corrected chi connectivity index (χ2v) is 6.47. The van der Waals surface area contributed by atoms with Crippen molar-refractivity contribution in [2.75, 3.05) is 19.1 Å². The Hall–Kier alpha value is -0.280. The Bertz CT molecular complexity index is 483. The van der Waals surface area contributed by atoms with Gasteiger partial charge in [0.2, 0.25) is 0 Å². The van der Waals surface area contributed by atoms with Crippen LogP contribution in [0.5, 0.6) is 11.5 Å². The first-order chi connectivity index (χ1) is 9.95. The molecule has 0 saturated carbocycles. The lowest BCUT2D eigenvalue weighted by atomic mass is 10.0. The van der Waals surface area contributed by atoms with E-state index in [9.17, 15) is 0 Å². The molecule has 1 rings (SSSR count). The molecule has 0 amide bonds. The van der Waals surface area contributed by atoms with Crippen LogP contribution in [0.4, 0.5) is 0 Å². The van der Waals surface area contributed by atoms with Crippen LogP contribution in [0.25, 0.3) is 0 Å². The highest BCUT2D eigenvalue weighted by molar-refractivity contribution is 6.55. The largest absolute Gasteiger partial charge is 0.492 e. The van der Waals surface area contributed by atoms with E-state index in [4.69, 9.17) is 55.9 Å². The summed E-state index contributed by atoms with van der Waals surface area (Å²) in [5.41, 5.74) is 0.994. The van der Waals surface area contributed by atoms with E-state index >= 15 is 0 Å². The predicted octanol–water partition coefficient (Wildman–Crippen LogP) is 6.17. The fourth-order valence-corrected chi connectivity index (χ4v) is 2.19. The van der Waals surface area contributed by atoms with Crippen molar-refractivity contribution in [3.05, 3.63) is 33.3 Å². The van der Waals surface area contributed by atoms with Gasteiger partial charge >= 0.3 is 0 Å². The SMILES string of the molecule is CC(C)c1cc(OCC=C(Cl)Cl)cc(Cl)c1OCCCCl. The molecule has 2 nitrogen and oxygen atoms in total. The minimum absolute atomic E-state index is 0.172. The van der Waals surface area contributed by atoms with Gasteiger partial charge in [0.15, 0.2) is 0 Å². The molecule has 1 aromatic rings. The molecular weight excluding hydrogens is 354 g/mol. The zero-order valence-electron chi connectivity index (χ0n) is 12.0. The molecule has 0 atom stereocenters. The molecule has 0 bridgehead atoms. The molecule has 0 aromatic heterocycles. The van der Waals surface area contributed by atoms with Crippen LogP contribution in [0.3, 0.4) is 0 Å². The highest BCUT2D eigenvalue weighted by Crippen LogP contribution is 2.37. The lowest BCUT2D eigenvalue weighted by Gasteiger charge is -2.17. The normalized spacial score (nSPS) is 10.6. The van der Waals surface area contributed by atoms with Crippen molar-refractivity contribution in [2.45, 2.75) is 26.2 Å². The second-order valence-electron chi connectivity index (χ2n) is 4.67. The summed E-state index contributed by atoms with van der Waals surface area (Å²) >= 11 is 23.0. The molecule has 0 fully saturated rings. The summed E-state index contributed by atoms with van der Waals surface area (Å²) in [6, 6.07) is 3.64. The minimum Gasteiger partial charge on any atom is -0.492 e. The lowest BCUT2D eigenvalue weighted by Crippen LogP contribution is -2.04. The van der Waals surface area contributed by atoms with Crippen molar-refractivity contribution in [1.82, 2.24) is 0 Å². The molecule has 0 spiro atoms. The van der Waals surface area contributed by atoms with Crippen LogP contribution in [0, 0.1) is 0 Å². The monoisotopic (exact) mass is 370 g/mol. The molecule has 0 saturated heterocycles. The fraction of sp³-hybridized carbons (Fsp3) is 0.467. The van der Waals surface area contributed by atoms with E-state index in [0.717, 1.165) is 12.0 Å². The van der Waals surface area contributed by atoms with E-state index in [1.807, 2.05) is 6.07 Å². The third-order valence-electron chi connectivity index (χ3n) is 2.68. The van der Waals surface area contributed by atoms with Crippen LogP contribution in [-0.4, -0.2) is 19.1 Å². The van der Waals surface area contributed by atoms with Gasteiger partial charge in [-0.05, 0) is 24.5 Å². The van der Waals surface area contributed by atoms with Gasteiger partial charge in [-0.1, -0.05) is 48.7 Å². The quantitative estimate of drug-likeness (QED) is 0.401. The molecule has 0 aliphatic heterocycles. The smallest absolute Gasteiger partial charge is 0.141 e. The van der Waals surface area contributed by atoms with Gasteiger partial charge in [-0.15, -0.1) is 11.6 Å². The third kappa shape index (κ3) is 6.56. The van der Waals surface area contributed by atoms with Gasteiger partial charge in [-0.3, -0.25) is 0 Å². The average Bonchev–Trinajstić information content (AvgIpc) is 2.40. The number of hydrogen-bond donors (Lipinski definition) is 0. The van der Waals surface area contributed by atoms with Crippen LogP contribution in [0.15, 0.2) is 22.7 Å². The molecule has 0 aliphatic rings. The summed E-state index contributed by atoms with van der Waals surface area (Å²) in [5, 5.41) is 0.520. The summed E-state index contributed by atoms with van der Waals surface area (Å²) in [4.78, 5) is 0. The summed E-state index contributed by atoms with van der Waals surface area (Å²) in [6.45, 7) is 4.95. The Morgan fingerprint density at radius 1 is 1.24 bits per heavy atom. The van der Waals surface area contributed by atoms with Crippen molar-refractivity contribution in [3.63, 3.8) is 0 Å². The molecule has 1 aromatic carbocycles. The highest BCUT2D eigenvalue weighted by Gasteiger charge is 2.14. The molecular formula is C15H18Cl4O2. The first kappa shape index (κ1) is 18.8. The van der Waals surface area contributed by atoms with Crippen molar-refractivity contribution < 1.29 is 9.47 Å². The van der Waals surface area contributed by atoms with Gasteiger partial charge in [0.05, 0.1) is 11.6 Å². The van der Waals surface area contributed by atoms with E-state index in [1.165, 1.54) is 0 Å². The van der Waals surface area contributed by atoms with Crippen molar-refractivity contribution in [3.8, 4) is 11.5 Å². The number of ether oxygens (including phenoxy) is 2. The first-order valence-electron chi connectivity index (χ1n) is 6.61. The van der Waals surface area contributed by atoms with Gasteiger partial charge in [0, 0.05) is 17.5 Å². The molecule has 0 heterocycles. The maximum absolute atomic E-state index is 6.29. The van der Waals surface area contributed by atoms with E-state index in [-0.39, 0.29) is 17.0 Å². The van der Waals surface area contributed by atoms with Crippen molar-refractivity contribution in [2.24, 2.45) is 0 Å². The second kappa shape index (κ2) is 9.68. The maximum atomic E-state index is 6.29. The fourth-order valence-electron chi connectivity index (χ4n) is 1.68. The first-order valence-corrected chi connectivity index (χ1v) is 8.28. The standard InChI is InChI=1S/C15H18Cl4O2/c1-10(2)12-8-11(20-7-4-14(18)19)9-13(17)15(12)21-6-3-5-16/h4,8-10H,3,5-7H2,1-2H3. The number of rotatable bonds is 8. The zero-order chi connectivity index (χ0) is 15.8. The van der Waals surface area contributed by atoms with E-state index in [1.54, 1.807) is 12.1 Å². The summed E-state index contributed by atoms with van der Waals surface area (Å²) < 4.78 is 11.5. The molecule has 0 N–H and O–H groups in total. The lowest BCUT2D eigenvalue weighted by molar-refractivity contribution is 0.312. The molecule has 0 unspecified atom stereocenters. The number of hydrogen-bond acceptors (Lipinski definition) is 2. The summed E-state index contributed by atoms with van der Waals surface area (Å²) in [7, 11) is 0. The van der Waals surface area contributed by atoms with Gasteiger partial charge < -0.3 is 9.47 Å². The zero-order valence-corrected chi connectivity index (χ0v) is 15.0. The summed E-state index contributed by atoms with van der Waals surface area (Å²) in [5.74, 6) is 2.15. The Morgan fingerprint density at radius 2 is 1.95 bits per heavy atom. The van der Waals surface area contributed by atoms with Crippen LogP contribution >= 0.6 is 46.4 Å². The van der Waals surface area contributed by atoms with Crippen LogP contribution < -0.4 is 9.47 Å². The molecule has 0 radical (unpaired) electrons. The molecule has 118 valence electrons. The number of benzene rings is 1. The Kier molecular flexibility index (Phi) is 8.65. The number of halogens is 4. The maximum Gasteiger partial charge on any atom is 0.141 e. The molecule has 21 heavy (non-hydrogen) atoms. The van der Waals surface area contributed by atoms with Crippen LogP contribution in [-0.2, 0) is 0 Å². The summed E-state index contributed by atoms with van der Waals surface area (Å²) in [6.07, 6.45) is 2.34. The molecule has 6 heteroatoms. The highest BCUT2D eigenvalue weighted by atomic mass is 35.5.